The number of hydrogen-bond acceptors (Lipinski definition) is 3. The predicted molar refractivity (Wildman–Crippen MR) is 90.8 cm³/mol. The maximum absolute atomic E-state index is 12.3. The molecule has 124 valence electrons. The van der Waals surface area contributed by atoms with Crippen molar-refractivity contribution in [1.29, 1.82) is 0 Å². The second-order valence-electron chi connectivity index (χ2n) is 5.07. The van der Waals surface area contributed by atoms with Crippen molar-refractivity contribution in [2.45, 2.75) is 11.8 Å². The van der Waals surface area contributed by atoms with E-state index < -0.39 is 15.9 Å². The second-order valence-corrected chi connectivity index (χ2v) is 7.97. The number of sulfonamides is 1. The molecular formula is C14H15Cl2N3O3S. The molecule has 1 aromatic heterocycles. The third kappa shape index (κ3) is 3.69. The molecule has 0 spiro atoms. The van der Waals surface area contributed by atoms with Crippen LogP contribution in [-0.4, -0.2) is 37.7 Å². The van der Waals surface area contributed by atoms with Crippen molar-refractivity contribution in [3.8, 4) is 0 Å². The number of nitrogens with zero attached hydrogens (tertiary/aromatic N) is 1. The van der Waals surface area contributed by atoms with Gasteiger partial charge in [0.1, 0.15) is 10.8 Å². The van der Waals surface area contributed by atoms with Gasteiger partial charge in [-0.25, -0.2) is 12.7 Å². The lowest BCUT2D eigenvalue weighted by Gasteiger charge is -2.15. The third-order valence-electron chi connectivity index (χ3n) is 3.17. The van der Waals surface area contributed by atoms with Crippen LogP contribution in [0.25, 0.3) is 0 Å². The van der Waals surface area contributed by atoms with Crippen molar-refractivity contribution in [2.24, 2.45) is 0 Å². The standard InChI is InChI=1S/C14H15Cl2N3O3S/c1-8-4-5-9(6-12(8)23(21,22)19(2)3)17-14(20)11-7-10(15)13(16)18-11/h4-7,18H,1-3H3,(H,17,20). The largest absolute Gasteiger partial charge is 0.340 e. The molecule has 0 aliphatic heterocycles. The number of amides is 1. The van der Waals surface area contributed by atoms with Gasteiger partial charge in [0.2, 0.25) is 10.0 Å². The minimum atomic E-state index is -3.60. The fourth-order valence-corrected chi connectivity index (χ4v) is 3.33. The molecule has 0 saturated heterocycles. The molecule has 0 unspecified atom stereocenters. The Kier molecular flexibility index (Phi) is 5.05. The van der Waals surface area contributed by atoms with Crippen molar-refractivity contribution in [1.82, 2.24) is 9.29 Å². The van der Waals surface area contributed by atoms with E-state index in [4.69, 9.17) is 23.2 Å². The summed E-state index contributed by atoms with van der Waals surface area (Å²) in [7, 11) is -0.706. The summed E-state index contributed by atoms with van der Waals surface area (Å²) in [6.45, 7) is 1.69. The van der Waals surface area contributed by atoms with Crippen molar-refractivity contribution < 1.29 is 13.2 Å². The number of H-pyrrole nitrogens is 1. The van der Waals surface area contributed by atoms with Crippen LogP contribution in [-0.2, 0) is 10.0 Å². The van der Waals surface area contributed by atoms with E-state index in [-0.39, 0.29) is 20.8 Å². The SMILES string of the molecule is Cc1ccc(NC(=O)c2cc(Cl)c(Cl)[nH]2)cc1S(=O)(=O)N(C)C. The van der Waals surface area contributed by atoms with Gasteiger partial charge in [0.05, 0.1) is 9.92 Å². The maximum atomic E-state index is 12.3. The number of nitrogens with one attached hydrogen (secondary N) is 2. The highest BCUT2D eigenvalue weighted by Gasteiger charge is 2.21. The van der Waals surface area contributed by atoms with E-state index in [0.717, 1.165) is 4.31 Å². The number of halogens is 2. The molecule has 1 heterocycles. The zero-order valence-corrected chi connectivity index (χ0v) is 15.0. The van der Waals surface area contributed by atoms with Crippen molar-refractivity contribution in [3.63, 3.8) is 0 Å². The minimum Gasteiger partial charge on any atom is -0.340 e. The van der Waals surface area contributed by atoms with Gasteiger partial charge in [-0.15, -0.1) is 0 Å². The van der Waals surface area contributed by atoms with Gasteiger partial charge in [0.15, 0.2) is 0 Å². The summed E-state index contributed by atoms with van der Waals surface area (Å²) in [6, 6.07) is 6.05. The number of hydrogen-bond donors (Lipinski definition) is 2. The van der Waals surface area contributed by atoms with Crippen LogP contribution in [0.3, 0.4) is 0 Å². The Morgan fingerprint density at radius 3 is 2.39 bits per heavy atom. The van der Waals surface area contributed by atoms with Crippen molar-refractivity contribution in [2.75, 3.05) is 19.4 Å². The first kappa shape index (κ1) is 17.8. The number of carbonyl (C=O) groups excluding carboxylic acids is 1. The van der Waals surface area contributed by atoms with E-state index in [1.54, 1.807) is 19.1 Å². The molecule has 0 saturated carbocycles. The smallest absolute Gasteiger partial charge is 0.272 e. The van der Waals surface area contributed by atoms with Crippen molar-refractivity contribution in [3.05, 3.63) is 45.7 Å². The lowest BCUT2D eigenvalue weighted by Crippen LogP contribution is -2.23. The highest BCUT2D eigenvalue weighted by atomic mass is 35.5. The number of carbonyl (C=O) groups is 1. The number of rotatable bonds is 4. The van der Waals surface area contributed by atoms with E-state index in [1.807, 2.05) is 0 Å². The number of aryl methyl sites for hydroxylation is 1. The van der Waals surface area contributed by atoms with Gasteiger partial charge in [-0.05, 0) is 30.7 Å². The van der Waals surface area contributed by atoms with E-state index in [9.17, 15) is 13.2 Å². The van der Waals surface area contributed by atoms with Crippen LogP contribution in [0.2, 0.25) is 10.2 Å². The average molecular weight is 376 g/mol. The van der Waals surface area contributed by atoms with Gasteiger partial charge < -0.3 is 10.3 Å². The lowest BCUT2D eigenvalue weighted by atomic mass is 10.2. The van der Waals surface area contributed by atoms with Crippen LogP contribution in [0.5, 0.6) is 0 Å². The summed E-state index contributed by atoms with van der Waals surface area (Å²) < 4.78 is 25.7. The summed E-state index contributed by atoms with van der Waals surface area (Å²) in [4.78, 5) is 14.9. The highest BCUT2D eigenvalue weighted by Crippen LogP contribution is 2.24. The highest BCUT2D eigenvalue weighted by molar-refractivity contribution is 7.89. The molecule has 6 nitrogen and oxygen atoms in total. The molecule has 9 heteroatoms. The summed E-state index contributed by atoms with van der Waals surface area (Å²) in [5, 5.41) is 3.00. The normalized spacial score (nSPS) is 11.7. The van der Waals surface area contributed by atoms with Crippen LogP contribution in [0.1, 0.15) is 16.1 Å². The quantitative estimate of drug-likeness (QED) is 0.860. The van der Waals surface area contributed by atoms with Crippen LogP contribution < -0.4 is 5.32 Å². The van der Waals surface area contributed by atoms with E-state index >= 15 is 0 Å². The van der Waals surface area contributed by atoms with Crippen LogP contribution >= 0.6 is 23.2 Å². The Hall–Kier alpha value is -1.54. The summed E-state index contributed by atoms with van der Waals surface area (Å²) in [5.74, 6) is -0.476. The van der Waals surface area contributed by atoms with E-state index in [1.165, 1.54) is 26.2 Å². The van der Waals surface area contributed by atoms with Crippen LogP contribution in [0, 0.1) is 6.92 Å². The average Bonchev–Trinajstić information content (AvgIpc) is 2.80. The molecule has 0 bridgehead atoms. The summed E-state index contributed by atoms with van der Waals surface area (Å²) >= 11 is 11.6. The number of aromatic nitrogens is 1. The molecule has 2 rings (SSSR count). The van der Waals surface area contributed by atoms with Crippen LogP contribution in [0.4, 0.5) is 5.69 Å². The first-order chi connectivity index (χ1) is 10.6. The van der Waals surface area contributed by atoms with Crippen molar-refractivity contribution >= 4 is 44.8 Å². The molecule has 0 fully saturated rings. The molecule has 23 heavy (non-hydrogen) atoms. The number of benzene rings is 1. The fraction of sp³-hybridized carbons (Fsp3) is 0.214. The van der Waals surface area contributed by atoms with E-state index in [2.05, 4.69) is 10.3 Å². The molecule has 1 amide bonds. The molecule has 0 atom stereocenters. The first-order valence-corrected chi connectivity index (χ1v) is 8.71. The predicted octanol–water partition coefficient (Wildman–Crippen LogP) is 3.13. The Morgan fingerprint density at radius 1 is 1.22 bits per heavy atom. The number of aromatic amines is 1. The summed E-state index contributed by atoms with van der Waals surface area (Å²) in [6.07, 6.45) is 0. The van der Waals surface area contributed by atoms with Gasteiger partial charge >= 0.3 is 0 Å². The molecule has 2 aromatic rings. The second kappa shape index (κ2) is 6.52. The summed E-state index contributed by atoms with van der Waals surface area (Å²) in [5.41, 5.74) is 1.11. The molecule has 0 aliphatic carbocycles. The van der Waals surface area contributed by atoms with Gasteiger partial charge in [-0.1, -0.05) is 29.3 Å². The fourth-order valence-electron chi connectivity index (χ4n) is 1.88. The zero-order valence-electron chi connectivity index (χ0n) is 12.6. The van der Waals surface area contributed by atoms with Gasteiger partial charge in [0, 0.05) is 19.8 Å². The Morgan fingerprint density at radius 2 is 1.87 bits per heavy atom. The Labute approximate surface area is 144 Å². The van der Waals surface area contributed by atoms with Gasteiger partial charge in [0.25, 0.3) is 5.91 Å². The Bertz CT molecular complexity index is 841. The molecular weight excluding hydrogens is 361 g/mol. The molecule has 1 aromatic carbocycles. The third-order valence-corrected chi connectivity index (χ3v) is 5.82. The maximum Gasteiger partial charge on any atom is 0.272 e. The lowest BCUT2D eigenvalue weighted by molar-refractivity contribution is 0.102. The topological polar surface area (TPSA) is 82.3 Å². The van der Waals surface area contributed by atoms with Gasteiger partial charge in [-0.3, -0.25) is 4.79 Å². The number of anilines is 1. The molecule has 0 radical (unpaired) electrons. The zero-order chi connectivity index (χ0) is 17.4. The minimum absolute atomic E-state index is 0.128. The molecule has 0 aliphatic rings. The van der Waals surface area contributed by atoms with Crippen LogP contribution in [0.15, 0.2) is 29.2 Å². The van der Waals surface area contributed by atoms with Gasteiger partial charge in [-0.2, -0.15) is 0 Å². The van der Waals surface area contributed by atoms with E-state index in [0.29, 0.717) is 11.3 Å². The molecule has 2 N–H and O–H groups in total. The Balaban J connectivity index is 2.33. The first-order valence-electron chi connectivity index (χ1n) is 6.51. The monoisotopic (exact) mass is 375 g/mol.